The van der Waals surface area contributed by atoms with Gasteiger partial charge in [0.05, 0.1) is 0 Å². The topological polar surface area (TPSA) is 78.4 Å². The van der Waals surface area contributed by atoms with Crippen molar-refractivity contribution >= 4 is 12.0 Å². The number of rotatable bonds is 4. The molecule has 0 radical (unpaired) electrons. The number of nitrogens with one attached hydrogen (secondary N) is 2. The van der Waals surface area contributed by atoms with Crippen molar-refractivity contribution in [1.82, 2.24) is 10.6 Å². The lowest BCUT2D eigenvalue weighted by molar-refractivity contribution is -0.146. The molecule has 5 nitrogen and oxygen atoms in total. The number of carboxylic acid groups (broad SMARTS) is 1. The van der Waals surface area contributed by atoms with Crippen molar-refractivity contribution in [2.24, 2.45) is 5.92 Å². The molecule has 2 rings (SSSR count). The van der Waals surface area contributed by atoms with E-state index in [4.69, 9.17) is 0 Å². The van der Waals surface area contributed by atoms with Gasteiger partial charge in [-0.1, -0.05) is 13.8 Å². The molecule has 2 amide bonds. The summed E-state index contributed by atoms with van der Waals surface area (Å²) in [5, 5.41) is 15.3. The summed E-state index contributed by atoms with van der Waals surface area (Å²) in [4.78, 5) is 23.8. The van der Waals surface area contributed by atoms with Gasteiger partial charge in [-0.25, -0.2) is 9.59 Å². The van der Waals surface area contributed by atoms with Gasteiger partial charge >= 0.3 is 12.0 Å². The number of hydrogen-bond acceptors (Lipinski definition) is 2. The lowest BCUT2D eigenvalue weighted by atomic mass is 9.74. The largest absolute Gasteiger partial charge is 0.480 e. The minimum absolute atomic E-state index is 0.105. The van der Waals surface area contributed by atoms with E-state index in [0.29, 0.717) is 18.8 Å². The Balaban J connectivity index is 1.98. The SMILES string of the molecule is CCC1(NC(=O)NC2(C(=O)O)CCC(C)CC2)CCC1. The third kappa shape index (κ3) is 2.91. The molecule has 0 aromatic heterocycles. The van der Waals surface area contributed by atoms with Crippen LogP contribution >= 0.6 is 0 Å². The summed E-state index contributed by atoms with van der Waals surface area (Å²) in [5.74, 6) is -0.361. The van der Waals surface area contributed by atoms with Gasteiger partial charge in [-0.3, -0.25) is 0 Å². The Hall–Kier alpha value is -1.26. The molecule has 0 unspecified atom stereocenters. The normalized spacial score (nSPS) is 32.0. The van der Waals surface area contributed by atoms with Crippen molar-refractivity contribution in [1.29, 1.82) is 0 Å². The van der Waals surface area contributed by atoms with Crippen molar-refractivity contribution in [3.63, 3.8) is 0 Å². The van der Waals surface area contributed by atoms with Crippen LogP contribution in [0, 0.1) is 5.92 Å². The molecular formula is C15H26N2O3. The number of aliphatic carboxylic acids is 1. The van der Waals surface area contributed by atoms with Crippen LogP contribution in [0.1, 0.15) is 65.2 Å². The number of urea groups is 1. The summed E-state index contributed by atoms with van der Waals surface area (Å²) in [7, 11) is 0. The number of carbonyl (C=O) groups excluding carboxylic acids is 1. The van der Waals surface area contributed by atoms with E-state index in [2.05, 4.69) is 24.5 Å². The van der Waals surface area contributed by atoms with Gasteiger partial charge in [0.1, 0.15) is 5.54 Å². The van der Waals surface area contributed by atoms with Gasteiger partial charge in [-0.2, -0.15) is 0 Å². The molecule has 0 heterocycles. The van der Waals surface area contributed by atoms with Crippen LogP contribution in [-0.2, 0) is 4.79 Å². The molecule has 0 aromatic carbocycles. The smallest absolute Gasteiger partial charge is 0.329 e. The Morgan fingerprint density at radius 3 is 2.15 bits per heavy atom. The minimum atomic E-state index is -1.07. The van der Waals surface area contributed by atoms with E-state index >= 15 is 0 Å². The molecule has 0 aliphatic heterocycles. The quantitative estimate of drug-likeness (QED) is 0.741. The average molecular weight is 282 g/mol. The van der Waals surface area contributed by atoms with Crippen molar-refractivity contribution in [3.05, 3.63) is 0 Å². The van der Waals surface area contributed by atoms with E-state index in [1.54, 1.807) is 0 Å². The first-order chi connectivity index (χ1) is 9.41. The molecule has 3 N–H and O–H groups in total. The highest BCUT2D eigenvalue weighted by Gasteiger charge is 2.44. The highest BCUT2D eigenvalue weighted by atomic mass is 16.4. The number of carbonyl (C=O) groups is 2. The molecule has 0 bridgehead atoms. The molecule has 0 atom stereocenters. The van der Waals surface area contributed by atoms with E-state index in [1.807, 2.05) is 0 Å². The fourth-order valence-electron chi connectivity index (χ4n) is 3.31. The van der Waals surface area contributed by atoms with Crippen molar-refractivity contribution in [2.75, 3.05) is 0 Å². The summed E-state index contributed by atoms with van der Waals surface area (Å²) >= 11 is 0. The van der Waals surface area contributed by atoms with Crippen LogP contribution in [0.2, 0.25) is 0 Å². The van der Waals surface area contributed by atoms with Gasteiger partial charge in [-0.15, -0.1) is 0 Å². The summed E-state index contributed by atoms with van der Waals surface area (Å²) in [6, 6.07) is -0.316. The maximum Gasteiger partial charge on any atom is 0.329 e. The lowest BCUT2D eigenvalue weighted by Crippen LogP contribution is -2.63. The molecule has 2 fully saturated rings. The second-order valence-electron chi connectivity index (χ2n) is 6.64. The highest BCUT2D eigenvalue weighted by Crippen LogP contribution is 2.35. The molecule has 0 aromatic rings. The van der Waals surface area contributed by atoms with Gasteiger partial charge in [-0.05, 0) is 57.3 Å². The highest BCUT2D eigenvalue weighted by molar-refractivity contribution is 5.86. The van der Waals surface area contributed by atoms with E-state index < -0.39 is 11.5 Å². The van der Waals surface area contributed by atoms with Gasteiger partial charge in [0.2, 0.25) is 0 Å². The number of carboxylic acids is 1. The second kappa shape index (κ2) is 5.62. The van der Waals surface area contributed by atoms with Gasteiger partial charge in [0, 0.05) is 5.54 Å². The van der Waals surface area contributed by atoms with E-state index in [0.717, 1.165) is 38.5 Å². The van der Waals surface area contributed by atoms with Crippen LogP contribution in [0.15, 0.2) is 0 Å². The first-order valence-corrected chi connectivity index (χ1v) is 7.75. The van der Waals surface area contributed by atoms with E-state index in [-0.39, 0.29) is 11.6 Å². The first-order valence-electron chi connectivity index (χ1n) is 7.75. The maximum absolute atomic E-state index is 12.2. The van der Waals surface area contributed by atoms with Crippen LogP contribution in [0.5, 0.6) is 0 Å². The van der Waals surface area contributed by atoms with Crippen LogP contribution in [0.4, 0.5) is 4.79 Å². The summed E-state index contributed by atoms with van der Waals surface area (Å²) < 4.78 is 0. The lowest BCUT2D eigenvalue weighted by Gasteiger charge is -2.43. The first kappa shape index (κ1) is 15.1. The maximum atomic E-state index is 12.2. The fraction of sp³-hybridized carbons (Fsp3) is 0.867. The van der Waals surface area contributed by atoms with Crippen molar-refractivity contribution in [2.45, 2.75) is 76.3 Å². The van der Waals surface area contributed by atoms with Crippen molar-refractivity contribution < 1.29 is 14.7 Å². The summed E-state index contributed by atoms with van der Waals surface area (Å²) in [6.07, 6.45) is 6.78. The molecule has 0 spiro atoms. The molecule has 2 saturated carbocycles. The summed E-state index contributed by atoms with van der Waals surface area (Å²) in [5.41, 5.74) is -1.18. The predicted octanol–water partition coefficient (Wildman–Crippen LogP) is 2.65. The Kier molecular flexibility index (Phi) is 4.25. The molecule has 0 saturated heterocycles. The van der Waals surface area contributed by atoms with Crippen LogP contribution in [0.3, 0.4) is 0 Å². The van der Waals surface area contributed by atoms with Gasteiger partial charge in [0.15, 0.2) is 0 Å². The van der Waals surface area contributed by atoms with Crippen LogP contribution in [0.25, 0.3) is 0 Å². The Morgan fingerprint density at radius 1 is 1.15 bits per heavy atom. The zero-order valence-corrected chi connectivity index (χ0v) is 12.5. The Morgan fingerprint density at radius 2 is 1.75 bits per heavy atom. The van der Waals surface area contributed by atoms with Crippen LogP contribution < -0.4 is 10.6 Å². The number of hydrogen-bond donors (Lipinski definition) is 3. The predicted molar refractivity (Wildman–Crippen MR) is 76.5 cm³/mol. The standard InChI is InChI=1S/C15H26N2O3/c1-3-14(7-4-8-14)16-13(20)17-15(12(18)19)9-5-11(2)6-10-15/h11H,3-10H2,1-2H3,(H,18,19)(H2,16,17,20). The van der Waals surface area contributed by atoms with Gasteiger partial charge in [0.25, 0.3) is 0 Å². The molecule has 20 heavy (non-hydrogen) atoms. The third-order valence-electron chi connectivity index (χ3n) is 5.26. The molecule has 5 heteroatoms. The monoisotopic (exact) mass is 282 g/mol. The average Bonchev–Trinajstić information content (AvgIpc) is 2.36. The zero-order valence-electron chi connectivity index (χ0n) is 12.5. The molecular weight excluding hydrogens is 256 g/mol. The summed E-state index contributed by atoms with van der Waals surface area (Å²) in [6.45, 7) is 4.20. The second-order valence-corrected chi connectivity index (χ2v) is 6.64. The van der Waals surface area contributed by atoms with E-state index in [9.17, 15) is 14.7 Å². The minimum Gasteiger partial charge on any atom is -0.480 e. The Bertz CT molecular complexity index is 377. The zero-order chi connectivity index (χ0) is 14.8. The van der Waals surface area contributed by atoms with E-state index in [1.165, 1.54) is 0 Å². The molecule has 2 aliphatic rings. The third-order valence-corrected chi connectivity index (χ3v) is 5.26. The van der Waals surface area contributed by atoms with Crippen LogP contribution in [-0.4, -0.2) is 28.2 Å². The molecule has 114 valence electrons. The van der Waals surface area contributed by atoms with Crippen molar-refractivity contribution in [3.8, 4) is 0 Å². The van der Waals surface area contributed by atoms with Gasteiger partial charge < -0.3 is 15.7 Å². The Labute approximate surface area is 120 Å². The fourth-order valence-corrected chi connectivity index (χ4v) is 3.31. The molecule has 2 aliphatic carbocycles. The number of amides is 2.